The summed E-state index contributed by atoms with van der Waals surface area (Å²) in [6.45, 7) is 4.74. The van der Waals surface area contributed by atoms with Crippen molar-refractivity contribution in [1.82, 2.24) is 0 Å². The van der Waals surface area contributed by atoms with Gasteiger partial charge in [0.05, 0.1) is 0 Å². The summed E-state index contributed by atoms with van der Waals surface area (Å²) in [6.07, 6.45) is 23.9. The molecule has 0 N–H and O–H groups in total. The topological polar surface area (TPSA) is 0 Å². The van der Waals surface area contributed by atoms with E-state index in [4.69, 9.17) is 0 Å². The molecule has 0 radical (unpaired) electrons. The summed E-state index contributed by atoms with van der Waals surface area (Å²) in [5.74, 6) is 0. The molecule has 2 heteroatoms. The second kappa shape index (κ2) is 13.7. The summed E-state index contributed by atoms with van der Waals surface area (Å²) >= 11 is 2.68. The molecule has 0 aromatic carbocycles. The Labute approximate surface area is 143 Å². The molecule has 0 heterocycles. The summed E-state index contributed by atoms with van der Waals surface area (Å²) in [5.41, 5.74) is 0. The smallest absolute Gasteiger partial charge is 0.00624 e. The maximum Gasteiger partial charge on any atom is -0.00624 e. The summed E-state index contributed by atoms with van der Waals surface area (Å²) in [6, 6.07) is 0. The van der Waals surface area contributed by atoms with Crippen molar-refractivity contribution in [2.45, 2.75) is 103 Å². The summed E-state index contributed by atoms with van der Waals surface area (Å²) in [5, 5.41) is 0.936. The Kier molecular flexibility index (Phi) is 14.5. The Bertz CT molecular complexity index is 198. The maximum atomic E-state index is 2.68. The van der Waals surface area contributed by atoms with E-state index in [1.165, 1.54) is 83.5 Å². The van der Waals surface area contributed by atoms with Crippen LogP contribution in [0.2, 0.25) is 0 Å². The fraction of sp³-hybridized carbons (Fsp3) is 1.00. The molecule has 0 aliphatic heterocycles. The third-order valence-corrected chi connectivity index (χ3v) is 9.17. The molecule has 0 saturated carbocycles. The molecule has 0 aliphatic carbocycles. The van der Waals surface area contributed by atoms with Crippen LogP contribution in [0.5, 0.6) is 0 Å². The van der Waals surface area contributed by atoms with E-state index in [1.54, 1.807) is 0 Å². The van der Waals surface area contributed by atoms with E-state index in [0.29, 0.717) is 0 Å². The number of rotatable bonds is 14. The van der Waals surface area contributed by atoms with Gasteiger partial charge in [-0.1, -0.05) is 90.9 Å². The molecule has 0 aromatic rings. The third kappa shape index (κ3) is 14.0. The highest BCUT2D eigenvalue weighted by atomic mass is 127. The molecule has 0 spiro atoms. The van der Waals surface area contributed by atoms with Crippen molar-refractivity contribution in [2.24, 2.45) is 0 Å². The quantitative estimate of drug-likeness (QED) is 0.200. The van der Waals surface area contributed by atoms with E-state index in [0.717, 1.165) is 5.25 Å². The van der Waals surface area contributed by atoms with E-state index in [2.05, 4.69) is 47.6 Å². The minimum absolute atomic E-state index is 0.347. The lowest BCUT2D eigenvalue weighted by Crippen LogP contribution is -2.06. The van der Waals surface area contributed by atoms with Gasteiger partial charge in [-0.25, -0.2) is 0 Å². The minimum Gasteiger partial charge on any atom is -0.190 e. The second-order valence-corrected chi connectivity index (χ2v) is 16.9. The van der Waals surface area contributed by atoms with Gasteiger partial charge in [0.1, 0.15) is 0 Å². The van der Waals surface area contributed by atoms with Crippen LogP contribution in [-0.4, -0.2) is 17.8 Å². The highest BCUT2D eigenvalue weighted by Gasteiger charge is 2.15. The number of hydrogen-bond donors (Lipinski definition) is 0. The van der Waals surface area contributed by atoms with Crippen LogP contribution >= 0.6 is 28.4 Å². The summed E-state index contributed by atoms with van der Waals surface area (Å²) in [7, 11) is -0.347. The third-order valence-electron chi connectivity index (χ3n) is 4.42. The van der Waals surface area contributed by atoms with E-state index in [9.17, 15) is 0 Å². The van der Waals surface area contributed by atoms with Crippen molar-refractivity contribution < 1.29 is 0 Å². The first-order chi connectivity index (χ1) is 9.48. The lowest BCUT2D eigenvalue weighted by molar-refractivity contribution is 0.539. The van der Waals surface area contributed by atoms with Gasteiger partial charge in [0.15, 0.2) is 0 Å². The van der Waals surface area contributed by atoms with E-state index < -0.39 is 0 Å². The van der Waals surface area contributed by atoms with Crippen molar-refractivity contribution in [3.8, 4) is 0 Å². The van der Waals surface area contributed by atoms with Gasteiger partial charge in [-0.3, -0.25) is 0 Å². The molecule has 0 nitrogen and oxygen atoms in total. The lowest BCUT2D eigenvalue weighted by Gasteiger charge is -2.30. The summed E-state index contributed by atoms with van der Waals surface area (Å²) in [4.78, 5) is 0. The van der Waals surface area contributed by atoms with Crippen LogP contribution in [0.25, 0.3) is 0 Å². The Morgan fingerprint density at radius 2 is 1.05 bits per heavy atom. The zero-order valence-corrected chi connectivity index (χ0v) is 17.5. The van der Waals surface area contributed by atoms with Crippen LogP contribution in [0.1, 0.15) is 97.3 Å². The average Bonchev–Trinajstić information content (AvgIpc) is 2.38. The van der Waals surface area contributed by atoms with E-state index >= 15 is 0 Å². The van der Waals surface area contributed by atoms with Gasteiger partial charge < -0.3 is 0 Å². The molecule has 0 aromatic heterocycles. The SMILES string of the molecule is CCCCCCCCCCCCCCC(C)S(C)(C)I. The molecule has 0 fully saturated rings. The monoisotopic (exact) mass is 414 g/mol. The van der Waals surface area contributed by atoms with Gasteiger partial charge in [0.2, 0.25) is 0 Å². The molecule has 124 valence electrons. The van der Waals surface area contributed by atoms with Gasteiger partial charge in [0.25, 0.3) is 0 Å². The van der Waals surface area contributed by atoms with Crippen molar-refractivity contribution in [3.63, 3.8) is 0 Å². The van der Waals surface area contributed by atoms with E-state index in [1.807, 2.05) is 0 Å². The van der Waals surface area contributed by atoms with Crippen LogP contribution in [-0.2, 0) is 0 Å². The van der Waals surface area contributed by atoms with Crippen LogP contribution in [0.3, 0.4) is 0 Å². The predicted octanol–water partition coefficient (Wildman–Crippen LogP) is 7.88. The highest BCUT2D eigenvalue weighted by molar-refractivity contribution is 14.2. The van der Waals surface area contributed by atoms with Crippen molar-refractivity contribution >= 4 is 28.4 Å². The molecule has 0 rings (SSSR count). The lowest BCUT2D eigenvalue weighted by atomic mass is 10.0. The number of unbranched alkanes of at least 4 members (excludes halogenated alkanes) is 11. The molecule has 0 saturated heterocycles. The fourth-order valence-electron chi connectivity index (χ4n) is 2.55. The van der Waals surface area contributed by atoms with Crippen molar-refractivity contribution in [1.29, 1.82) is 0 Å². The zero-order chi connectivity index (χ0) is 15.3. The molecule has 1 unspecified atom stereocenters. The minimum atomic E-state index is -0.347. The first kappa shape index (κ1) is 21.1. The second-order valence-electron chi connectivity index (χ2n) is 6.77. The summed E-state index contributed by atoms with van der Waals surface area (Å²) < 4.78 is 0. The predicted molar refractivity (Wildman–Crippen MR) is 109 cm³/mol. The number of hydrogen-bond acceptors (Lipinski definition) is 0. The molecule has 0 amide bonds. The highest BCUT2D eigenvalue weighted by Crippen LogP contribution is 2.54. The Morgan fingerprint density at radius 3 is 1.40 bits per heavy atom. The van der Waals surface area contributed by atoms with Gasteiger partial charge in [-0.15, -0.1) is 0 Å². The molecule has 0 bridgehead atoms. The standard InChI is InChI=1S/C18H39IS/c1-5-6-7-8-9-10-11-12-13-14-15-16-17-18(2)20(3,4)19/h18H,5-17H2,1-4H3. The van der Waals surface area contributed by atoms with Crippen LogP contribution < -0.4 is 0 Å². The van der Waals surface area contributed by atoms with Gasteiger partial charge in [-0.2, -0.15) is 7.20 Å². The van der Waals surface area contributed by atoms with Crippen LogP contribution in [0.4, 0.5) is 0 Å². The van der Waals surface area contributed by atoms with Crippen molar-refractivity contribution in [2.75, 3.05) is 12.5 Å². The molecular formula is C18H39IS. The zero-order valence-electron chi connectivity index (χ0n) is 14.6. The van der Waals surface area contributed by atoms with Crippen LogP contribution in [0.15, 0.2) is 0 Å². The fourth-order valence-corrected chi connectivity index (χ4v) is 4.04. The first-order valence-electron chi connectivity index (χ1n) is 8.90. The maximum absolute atomic E-state index is 2.68. The van der Waals surface area contributed by atoms with E-state index in [-0.39, 0.29) is 7.20 Å². The first-order valence-corrected chi connectivity index (χ1v) is 14.0. The van der Waals surface area contributed by atoms with Crippen LogP contribution in [0, 0.1) is 0 Å². The van der Waals surface area contributed by atoms with Gasteiger partial charge >= 0.3 is 0 Å². The Hall–Kier alpha value is 1.08. The largest absolute Gasteiger partial charge is 0.190 e. The van der Waals surface area contributed by atoms with Gasteiger partial charge in [-0.05, 0) is 45.4 Å². The Balaban J connectivity index is 3.14. The molecule has 20 heavy (non-hydrogen) atoms. The number of halogens is 1. The van der Waals surface area contributed by atoms with Gasteiger partial charge in [0, 0.05) is 0 Å². The average molecular weight is 414 g/mol. The molecular weight excluding hydrogens is 375 g/mol. The Morgan fingerprint density at radius 1 is 0.700 bits per heavy atom. The van der Waals surface area contributed by atoms with Crippen molar-refractivity contribution in [3.05, 3.63) is 0 Å². The molecule has 0 aliphatic rings. The molecule has 1 atom stereocenters. The normalized spacial score (nSPS) is 14.4.